The summed E-state index contributed by atoms with van der Waals surface area (Å²) in [7, 11) is 1.63. The van der Waals surface area contributed by atoms with E-state index in [0.29, 0.717) is 11.6 Å². The zero-order valence-electron chi connectivity index (χ0n) is 10.5. The Kier molecular flexibility index (Phi) is 8.41. The third kappa shape index (κ3) is 6.75. The first-order chi connectivity index (χ1) is 7.79. The van der Waals surface area contributed by atoms with Crippen LogP contribution in [0.2, 0.25) is 5.02 Å². The number of rotatable bonds is 5. The van der Waals surface area contributed by atoms with E-state index in [-0.39, 0.29) is 57.9 Å². The quantitative estimate of drug-likeness (QED) is 0.725. The summed E-state index contributed by atoms with van der Waals surface area (Å²) in [4.78, 5) is 1.57. The maximum atomic E-state index is 12.3. The van der Waals surface area contributed by atoms with Gasteiger partial charge in [0, 0.05) is 11.6 Å². The summed E-state index contributed by atoms with van der Waals surface area (Å²) < 4.78 is 37.0. The predicted octanol–water partition coefficient (Wildman–Crippen LogP) is 0.719. The molecule has 1 aromatic carbocycles. The van der Waals surface area contributed by atoms with Crippen LogP contribution in [-0.4, -0.2) is 25.5 Å². The third-order valence-electron chi connectivity index (χ3n) is 2.30. The second kappa shape index (κ2) is 8.09. The molecule has 0 amide bonds. The van der Waals surface area contributed by atoms with Gasteiger partial charge in [-0.15, -0.1) is 12.1 Å². The third-order valence-corrected chi connectivity index (χ3v) is 2.55. The van der Waals surface area contributed by atoms with E-state index < -0.39 is 12.4 Å². The molecular formula is C11H13BClF3KN. The van der Waals surface area contributed by atoms with Crippen molar-refractivity contribution in [2.45, 2.75) is 6.54 Å². The molecule has 1 aromatic rings. The van der Waals surface area contributed by atoms with Crippen LogP contribution in [0, 0.1) is 0 Å². The fourth-order valence-corrected chi connectivity index (χ4v) is 1.53. The topological polar surface area (TPSA) is 3.24 Å². The molecule has 0 saturated carbocycles. The summed E-state index contributed by atoms with van der Waals surface area (Å²) in [5.74, 6) is 0. The Morgan fingerprint density at radius 3 is 2.22 bits per heavy atom. The molecule has 1 nitrogen and oxygen atoms in total. The van der Waals surface area contributed by atoms with Crippen molar-refractivity contribution in [3.05, 3.63) is 46.9 Å². The first kappa shape index (κ1) is 18.7. The second-order valence-corrected chi connectivity index (χ2v) is 4.47. The minimum atomic E-state index is -4.95. The number of hydrogen-bond acceptors (Lipinski definition) is 1. The van der Waals surface area contributed by atoms with Gasteiger partial charge in [-0.1, -0.05) is 23.7 Å². The standard InChI is InChI=1S/C11H13BClF3N.K/c1-9(12(14,15)16)7-17(2)8-10-3-5-11(13)6-4-10;/h3-6H,1,7-8H2,2H3;/q-1;+1. The van der Waals surface area contributed by atoms with Gasteiger partial charge in [0.1, 0.15) is 0 Å². The van der Waals surface area contributed by atoms with Gasteiger partial charge in [-0.25, -0.2) is 0 Å². The van der Waals surface area contributed by atoms with E-state index >= 15 is 0 Å². The van der Waals surface area contributed by atoms with E-state index in [1.54, 1.807) is 36.2 Å². The van der Waals surface area contributed by atoms with Crippen LogP contribution in [0.3, 0.4) is 0 Å². The molecule has 0 aliphatic heterocycles. The molecule has 0 unspecified atom stereocenters. The van der Waals surface area contributed by atoms with Crippen LogP contribution in [0.4, 0.5) is 12.9 Å². The number of benzene rings is 1. The smallest absolute Gasteiger partial charge is 0.445 e. The molecule has 0 spiro atoms. The van der Waals surface area contributed by atoms with Crippen molar-refractivity contribution in [3.63, 3.8) is 0 Å². The van der Waals surface area contributed by atoms with E-state index in [1.807, 2.05) is 0 Å². The van der Waals surface area contributed by atoms with Gasteiger partial charge in [-0.3, -0.25) is 0 Å². The molecule has 1 rings (SSSR count). The molecule has 18 heavy (non-hydrogen) atoms. The molecule has 0 atom stereocenters. The summed E-state index contributed by atoms with van der Waals surface area (Å²) in [6.45, 7) is -1.63. The average molecular weight is 302 g/mol. The van der Waals surface area contributed by atoms with Gasteiger partial charge in [0.2, 0.25) is 0 Å². The van der Waals surface area contributed by atoms with Crippen molar-refractivity contribution in [3.8, 4) is 0 Å². The summed E-state index contributed by atoms with van der Waals surface area (Å²) in [6.07, 6.45) is 0. The number of likely N-dealkylation sites (N-methyl/N-ethyl adjacent to an activating group) is 1. The van der Waals surface area contributed by atoms with Crippen molar-refractivity contribution in [1.29, 1.82) is 0 Å². The largest absolute Gasteiger partial charge is 1.00 e. The van der Waals surface area contributed by atoms with E-state index in [4.69, 9.17) is 11.6 Å². The van der Waals surface area contributed by atoms with E-state index in [2.05, 4.69) is 6.58 Å². The molecule has 0 radical (unpaired) electrons. The molecule has 7 heteroatoms. The van der Waals surface area contributed by atoms with Gasteiger partial charge < -0.3 is 17.8 Å². The first-order valence-electron chi connectivity index (χ1n) is 5.09. The Balaban J connectivity index is 0.00000289. The van der Waals surface area contributed by atoms with Crippen LogP contribution in [0.5, 0.6) is 0 Å². The molecule has 0 aliphatic carbocycles. The van der Waals surface area contributed by atoms with E-state index in [1.165, 1.54) is 0 Å². The monoisotopic (exact) mass is 301 g/mol. The van der Waals surface area contributed by atoms with Gasteiger partial charge in [0.05, 0.1) is 0 Å². The molecule has 0 heterocycles. The summed E-state index contributed by atoms with van der Waals surface area (Å²) >= 11 is 5.72. The van der Waals surface area contributed by atoms with Crippen LogP contribution in [0.15, 0.2) is 36.3 Å². The molecule has 0 fully saturated rings. The first-order valence-corrected chi connectivity index (χ1v) is 5.47. The van der Waals surface area contributed by atoms with Crippen LogP contribution < -0.4 is 51.4 Å². The molecule has 0 saturated heterocycles. The van der Waals surface area contributed by atoms with Gasteiger partial charge >= 0.3 is 58.4 Å². The van der Waals surface area contributed by atoms with Crippen LogP contribution >= 0.6 is 11.6 Å². The summed E-state index contributed by atoms with van der Waals surface area (Å²) in [5.41, 5.74) is 0.237. The Morgan fingerprint density at radius 1 is 1.28 bits per heavy atom. The van der Waals surface area contributed by atoms with Crippen LogP contribution in [0.25, 0.3) is 0 Å². The average Bonchev–Trinajstić information content (AvgIpc) is 2.20. The molecule has 0 N–H and O–H groups in total. The number of hydrogen-bond donors (Lipinski definition) is 0. The minimum Gasteiger partial charge on any atom is -0.445 e. The van der Waals surface area contributed by atoms with Gasteiger partial charge in [-0.05, 0) is 31.3 Å². The van der Waals surface area contributed by atoms with Crippen LogP contribution in [-0.2, 0) is 6.54 Å². The number of nitrogens with zero attached hydrogens (tertiary/aromatic N) is 1. The fraction of sp³-hybridized carbons (Fsp3) is 0.273. The Bertz CT molecular complexity index is 394. The fourth-order valence-electron chi connectivity index (χ4n) is 1.41. The van der Waals surface area contributed by atoms with E-state index in [9.17, 15) is 12.9 Å². The summed E-state index contributed by atoms with van der Waals surface area (Å²) in [6, 6.07) is 7.02. The minimum absolute atomic E-state index is 0. The molecular weight excluding hydrogens is 288 g/mol. The maximum Gasteiger partial charge on any atom is 1.00 e. The number of halogens is 4. The molecule has 94 valence electrons. The van der Waals surface area contributed by atoms with E-state index in [0.717, 1.165) is 5.56 Å². The Hall–Kier alpha value is 0.701. The zero-order chi connectivity index (χ0) is 13.1. The van der Waals surface area contributed by atoms with Gasteiger partial charge in [0.25, 0.3) is 0 Å². The zero-order valence-corrected chi connectivity index (χ0v) is 14.3. The van der Waals surface area contributed by atoms with Crippen molar-refractivity contribution in [2.75, 3.05) is 13.6 Å². The van der Waals surface area contributed by atoms with Crippen LogP contribution in [0.1, 0.15) is 5.56 Å². The van der Waals surface area contributed by atoms with Crippen molar-refractivity contribution in [2.24, 2.45) is 0 Å². The van der Waals surface area contributed by atoms with Crippen molar-refractivity contribution in [1.82, 2.24) is 4.90 Å². The van der Waals surface area contributed by atoms with Crippen molar-refractivity contribution < 1.29 is 64.3 Å². The SMILES string of the molecule is C=C(CN(C)Cc1ccc(Cl)cc1)[B-](F)(F)F.[K+]. The predicted molar refractivity (Wildman–Crippen MR) is 66.0 cm³/mol. The molecule has 0 aromatic heterocycles. The van der Waals surface area contributed by atoms with Gasteiger partial charge in [0.15, 0.2) is 0 Å². The molecule has 0 aliphatic rings. The summed E-state index contributed by atoms with van der Waals surface area (Å²) in [5, 5.41) is 0.611. The molecule has 0 bridgehead atoms. The second-order valence-electron chi connectivity index (χ2n) is 4.03. The Morgan fingerprint density at radius 2 is 1.78 bits per heavy atom. The Labute approximate surface area is 153 Å². The van der Waals surface area contributed by atoms with Gasteiger partial charge in [-0.2, -0.15) is 0 Å². The van der Waals surface area contributed by atoms with Crippen molar-refractivity contribution >= 4 is 18.6 Å². The normalized spacial score (nSPS) is 11.2. The maximum absolute atomic E-state index is 12.3.